The molecule has 1 atom stereocenters. The Hall–Kier alpha value is -2.57. The molecule has 0 spiro atoms. The highest BCUT2D eigenvalue weighted by atomic mass is 35.5. The van der Waals surface area contributed by atoms with E-state index in [1.54, 1.807) is 12.1 Å². The molecule has 4 amide bonds. The summed E-state index contributed by atoms with van der Waals surface area (Å²) in [6, 6.07) is 13.2. The lowest BCUT2D eigenvalue weighted by Gasteiger charge is -2.27. The first-order valence-electron chi connectivity index (χ1n) is 9.32. The van der Waals surface area contributed by atoms with E-state index in [1.807, 2.05) is 37.3 Å². The minimum absolute atomic E-state index is 0.307. The smallest absolute Gasteiger partial charge is 0.323 e. The number of unbranched alkanes of at least 4 members (excludes halogenated alkanes) is 1. The van der Waals surface area contributed by atoms with E-state index in [2.05, 4.69) is 10.6 Å². The van der Waals surface area contributed by atoms with Crippen molar-refractivity contribution in [1.29, 1.82) is 0 Å². The third-order valence-electron chi connectivity index (χ3n) is 4.85. The molecule has 29 heavy (non-hydrogen) atoms. The van der Waals surface area contributed by atoms with Gasteiger partial charge in [-0.25, -0.2) is 4.79 Å². The maximum absolute atomic E-state index is 13.3. The molecule has 2 aromatic carbocycles. The first-order valence-corrected chi connectivity index (χ1v) is 10.1. The molecule has 6 nitrogen and oxygen atoms in total. The molecule has 0 aromatic heterocycles. The summed E-state index contributed by atoms with van der Waals surface area (Å²) >= 11 is 12.0. The number of anilines is 1. The first kappa shape index (κ1) is 21.1. The van der Waals surface area contributed by atoms with Crippen molar-refractivity contribution in [2.45, 2.75) is 31.7 Å². The molecule has 1 aliphatic rings. The second-order valence-corrected chi connectivity index (χ2v) is 7.71. The Kier molecular flexibility index (Phi) is 6.45. The highest BCUT2D eigenvalue weighted by Crippen LogP contribution is 2.34. The Morgan fingerprint density at radius 3 is 2.55 bits per heavy atom. The molecule has 3 rings (SSSR count). The van der Waals surface area contributed by atoms with Gasteiger partial charge in [-0.3, -0.25) is 14.5 Å². The van der Waals surface area contributed by atoms with Crippen LogP contribution in [0, 0.1) is 0 Å². The van der Waals surface area contributed by atoms with Crippen LogP contribution < -0.4 is 10.6 Å². The van der Waals surface area contributed by atoms with Crippen molar-refractivity contribution in [3.05, 3.63) is 64.1 Å². The van der Waals surface area contributed by atoms with Crippen molar-refractivity contribution >= 4 is 46.7 Å². The summed E-state index contributed by atoms with van der Waals surface area (Å²) in [5.41, 5.74) is -0.147. The molecule has 0 saturated carbocycles. The van der Waals surface area contributed by atoms with Gasteiger partial charge in [-0.05, 0) is 30.2 Å². The summed E-state index contributed by atoms with van der Waals surface area (Å²) in [4.78, 5) is 39.3. The Morgan fingerprint density at radius 2 is 1.86 bits per heavy atom. The molecule has 0 aliphatic carbocycles. The van der Waals surface area contributed by atoms with Crippen molar-refractivity contribution in [3.63, 3.8) is 0 Å². The molecule has 8 heteroatoms. The molecular formula is C21H21Cl2N3O3. The largest absolute Gasteiger partial charge is 0.325 e. The summed E-state index contributed by atoms with van der Waals surface area (Å²) in [6.45, 7) is 1.59. The van der Waals surface area contributed by atoms with E-state index in [9.17, 15) is 14.4 Å². The molecule has 1 heterocycles. The average Bonchev–Trinajstić information content (AvgIpc) is 2.95. The number of nitrogens with one attached hydrogen (secondary N) is 2. The van der Waals surface area contributed by atoms with Crippen LogP contribution in [-0.4, -0.2) is 29.3 Å². The number of imide groups is 1. The van der Waals surface area contributed by atoms with Gasteiger partial charge in [-0.1, -0.05) is 73.3 Å². The molecule has 1 aliphatic heterocycles. The van der Waals surface area contributed by atoms with Crippen LogP contribution in [-0.2, 0) is 15.1 Å². The van der Waals surface area contributed by atoms with Crippen LogP contribution in [0.4, 0.5) is 10.5 Å². The highest BCUT2D eigenvalue weighted by Gasteiger charge is 2.52. The van der Waals surface area contributed by atoms with Gasteiger partial charge >= 0.3 is 6.03 Å². The number of urea groups is 1. The number of amides is 4. The maximum atomic E-state index is 13.3. The van der Waals surface area contributed by atoms with Crippen molar-refractivity contribution < 1.29 is 14.4 Å². The van der Waals surface area contributed by atoms with Gasteiger partial charge in [0, 0.05) is 5.02 Å². The molecular weight excluding hydrogens is 413 g/mol. The lowest BCUT2D eigenvalue weighted by atomic mass is 9.85. The Labute approximate surface area is 179 Å². The summed E-state index contributed by atoms with van der Waals surface area (Å²) in [5.74, 6) is -0.980. The second kappa shape index (κ2) is 8.84. The summed E-state index contributed by atoms with van der Waals surface area (Å²) in [5, 5.41) is 6.13. The van der Waals surface area contributed by atoms with Gasteiger partial charge in [0.2, 0.25) is 5.91 Å². The van der Waals surface area contributed by atoms with Gasteiger partial charge in [0.15, 0.2) is 0 Å². The third kappa shape index (κ3) is 4.38. The third-order valence-corrected chi connectivity index (χ3v) is 5.42. The van der Waals surface area contributed by atoms with E-state index in [1.165, 1.54) is 6.07 Å². The monoisotopic (exact) mass is 433 g/mol. The number of carbonyl (C=O) groups excluding carboxylic acids is 3. The molecule has 152 valence electrons. The number of carbonyl (C=O) groups is 3. The standard InChI is InChI=1S/C21H21Cl2N3O3/c1-2-3-11-21(14-7-5-4-6-8-14)19(28)26(20(29)25-21)13-18(27)24-17-12-15(22)9-10-16(17)23/h4-10,12H,2-3,11,13H2,1H3,(H,24,27)(H,25,29). The zero-order valence-electron chi connectivity index (χ0n) is 15.9. The van der Waals surface area contributed by atoms with Crippen molar-refractivity contribution in [2.75, 3.05) is 11.9 Å². The molecule has 0 radical (unpaired) electrons. The second-order valence-electron chi connectivity index (χ2n) is 6.87. The van der Waals surface area contributed by atoms with Gasteiger partial charge in [-0.2, -0.15) is 0 Å². The number of nitrogens with zero attached hydrogens (tertiary/aromatic N) is 1. The van der Waals surface area contributed by atoms with Gasteiger partial charge in [0.05, 0.1) is 10.7 Å². The molecule has 0 bridgehead atoms. The fourth-order valence-electron chi connectivity index (χ4n) is 3.37. The minimum atomic E-state index is -1.16. The van der Waals surface area contributed by atoms with Crippen LogP contribution in [0.3, 0.4) is 0 Å². The van der Waals surface area contributed by atoms with E-state index in [0.717, 1.165) is 17.7 Å². The van der Waals surface area contributed by atoms with Gasteiger partial charge in [0.25, 0.3) is 5.91 Å². The minimum Gasteiger partial charge on any atom is -0.323 e. The molecule has 1 saturated heterocycles. The van der Waals surface area contributed by atoms with Crippen LogP contribution >= 0.6 is 23.2 Å². The Morgan fingerprint density at radius 1 is 1.14 bits per heavy atom. The number of benzene rings is 2. The number of halogens is 2. The summed E-state index contributed by atoms with van der Waals surface area (Å²) in [6.07, 6.45) is 2.07. The predicted octanol–water partition coefficient (Wildman–Crippen LogP) is 4.57. The van der Waals surface area contributed by atoms with E-state index in [-0.39, 0.29) is 0 Å². The van der Waals surface area contributed by atoms with Crippen LogP contribution in [0.25, 0.3) is 0 Å². The topological polar surface area (TPSA) is 78.5 Å². The zero-order valence-corrected chi connectivity index (χ0v) is 17.4. The SMILES string of the molecule is CCCCC1(c2ccccc2)NC(=O)N(CC(=O)Nc2cc(Cl)ccc2Cl)C1=O. The maximum Gasteiger partial charge on any atom is 0.325 e. The van der Waals surface area contributed by atoms with Crippen molar-refractivity contribution in [2.24, 2.45) is 0 Å². The quantitative estimate of drug-likeness (QED) is 0.627. The Bertz CT molecular complexity index is 936. The van der Waals surface area contributed by atoms with E-state index >= 15 is 0 Å². The zero-order chi connectivity index (χ0) is 21.0. The van der Waals surface area contributed by atoms with Gasteiger partial charge < -0.3 is 10.6 Å². The predicted molar refractivity (Wildman–Crippen MR) is 113 cm³/mol. The molecule has 1 unspecified atom stereocenters. The van der Waals surface area contributed by atoms with Crippen molar-refractivity contribution in [1.82, 2.24) is 10.2 Å². The first-order chi connectivity index (χ1) is 13.9. The van der Waals surface area contributed by atoms with Gasteiger partial charge in [-0.15, -0.1) is 0 Å². The van der Waals surface area contributed by atoms with E-state index in [0.29, 0.717) is 27.7 Å². The van der Waals surface area contributed by atoms with Crippen LogP contribution in [0.15, 0.2) is 48.5 Å². The number of hydrogen-bond acceptors (Lipinski definition) is 3. The average molecular weight is 434 g/mol. The van der Waals surface area contributed by atoms with E-state index in [4.69, 9.17) is 23.2 Å². The Balaban J connectivity index is 1.81. The molecule has 2 aromatic rings. The molecule has 2 N–H and O–H groups in total. The number of rotatable bonds is 7. The summed E-state index contributed by atoms with van der Waals surface area (Å²) < 4.78 is 0. The van der Waals surface area contributed by atoms with Crippen LogP contribution in [0.2, 0.25) is 10.0 Å². The van der Waals surface area contributed by atoms with E-state index < -0.39 is 29.9 Å². The van der Waals surface area contributed by atoms with Crippen LogP contribution in [0.5, 0.6) is 0 Å². The number of hydrogen-bond donors (Lipinski definition) is 2. The highest BCUT2D eigenvalue weighted by molar-refractivity contribution is 6.35. The van der Waals surface area contributed by atoms with Gasteiger partial charge in [0.1, 0.15) is 12.1 Å². The molecule has 1 fully saturated rings. The summed E-state index contributed by atoms with van der Waals surface area (Å²) in [7, 11) is 0. The van der Waals surface area contributed by atoms with Crippen molar-refractivity contribution in [3.8, 4) is 0 Å². The fraction of sp³-hybridized carbons (Fsp3) is 0.286. The van der Waals surface area contributed by atoms with Crippen LogP contribution in [0.1, 0.15) is 31.7 Å². The lowest BCUT2D eigenvalue weighted by molar-refractivity contribution is -0.134. The normalized spacial score (nSPS) is 18.7. The fourth-order valence-corrected chi connectivity index (χ4v) is 3.71. The lowest BCUT2D eigenvalue weighted by Crippen LogP contribution is -2.44.